The Morgan fingerprint density at radius 2 is 2.23 bits per heavy atom. The number of nitrogen functional groups attached to an aromatic ring is 1. The fourth-order valence-corrected chi connectivity index (χ4v) is 5.14. The van der Waals surface area contributed by atoms with E-state index in [4.69, 9.17) is 10.5 Å². The summed E-state index contributed by atoms with van der Waals surface area (Å²) >= 11 is 3.11. The van der Waals surface area contributed by atoms with Crippen LogP contribution in [0.15, 0.2) is 29.4 Å². The number of thioether (sulfide) groups is 1. The third-order valence-corrected chi connectivity index (χ3v) is 6.59. The van der Waals surface area contributed by atoms with Crippen molar-refractivity contribution in [2.75, 3.05) is 5.73 Å². The van der Waals surface area contributed by atoms with Crippen LogP contribution in [0.3, 0.4) is 0 Å². The van der Waals surface area contributed by atoms with Gasteiger partial charge in [-0.1, -0.05) is 37.7 Å². The van der Waals surface area contributed by atoms with E-state index in [9.17, 15) is 4.39 Å². The number of anilines is 1. The molecule has 0 saturated carbocycles. The summed E-state index contributed by atoms with van der Waals surface area (Å²) in [5.74, 6) is 1.36. The zero-order valence-electron chi connectivity index (χ0n) is 14.7. The zero-order valence-corrected chi connectivity index (χ0v) is 16.3. The van der Waals surface area contributed by atoms with E-state index in [2.05, 4.69) is 23.8 Å². The third-order valence-electron chi connectivity index (χ3n) is 4.58. The molecule has 1 aliphatic rings. The van der Waals surface area contributed by atoms with Crippen LogP contribution in [0.2, 0.25) is 0 Å². The number of hydrogen-bond acceptors (Lipinski definition) is 6. The van der Waals surface area contributed by atoms with Gasteiger partial charge in [0.15, 0.2) is 5.16 Å². The molecule has 26 heavy (non-hydrogen) atoms. The molecule has 0 bridgehead atoms. The maximum absolute atomic E-state index is 13.3. The Hall–Kier alpha value is -1.70. The van der Waals surface area contributed by atoms with Crippen LogP contribution >= 0.6 is 23.1 Å². The van der Waals surface area contributed by atoms with Crippen LogP contribution < -0.4 is 5.73 Å². The summed E-state index contributed by atoms with van der Waals surface area (Å²) in [7, 11) is 0. The maximum atomic E-state index is 13.3. The Balaban J connectivity index is 1.61. The lowest BCUT2D eigenvalue weighted by Gasteiger charge is -2.26. The van der Waals surface area contributed by atoms with Gasteiger partial charge in [0.25, 0.3) is 0 Å². The molecule has 2 aromatic heterocycles. The van der Waals surface area contributed by atoms with Gasteiger partial charge in [-0.3, -0.25) is 0 Å². The molecule has 3 heterocycles. The molecule has 0 radical (unpaired) electrons. The minimum atomic E-state index is -0.232. The van der Waals surface area contributed by atoms with Crippen LogP contribution in [0, 0.1) is 11.7 Å². The summed E-state index contributed by atoms with van der Waals surface area (Å²) < 4.78 is 19.3. The zero-order chi connectivity index (χ0) is 18.3. The number of halogens is 1. The summed E-state index contributed by atoms with van der Waals surface area (Å²) in [6, 6.07) is 6.58. The Morgan fingerprint density at radius 3 is 3.00 bits per heavy atom. The molecular weight excluding hydrogens is 369 g/mol. The average Bonchev–Trinajstić information content (AvgIpc) is 2.98. The number of aromatic nitrogens is 2. The molecule has 1 aromatic carbocycles. The quantitative estimate of drug-likeness (QED) is 0.513. The summed E-state index contributed by atoms with van der Waals surface area (Å²) in [6.07, 6.45) is 1.07. The molecular formula is C19H20FN3OS2. The van der Waals surface area contributed by atoms with Crippen molar-refractivity contribution in [1.29, 1.82) is 0 Å². The first-order chi connectivity index (χ1) is 12.5. The lowest BCUT2D eigenvalue weighted by Crippen LogP contribution is -2.26. The number of fused-ring (bicyclic) bond motifs is 3. The second kappa shape index (κ2) is 7.13. The fourth-order valence-electron chi connectivity index (χ4n) is 3.15. The van der Waals surface area contributed by atoms with Crippen LogP contribution in [0.1, 0.15) is 29.9 Å². The number of rotatable bonds is 4. The molecule has 0 aliphatic carbocycles. The third kappa shape index (κ3) is 3.43. The Kier molecular flexibility index (Phi) is 4.86. The molecule has 136 valence electrons. The number of ether oxygens (including phenoxy) is 1. The predicted molar refractivity (Wildman–Crippen MR) is 105 cm³/mol. The lowest BCUT2D eigenvalue weighted by molar-refractivity contribution is 0.00203. The summed E-state index contributed by atoms with van der Waals surface area (Å²) in [5, 5.41) is 1.60. The van der Waals surface area contributed by atoms with E-state index in [1.54, 1.807) is 17.4 Å². The molecule has 0 fully saturated rings. The SMILES string of the molecule is CC(C)[C@H]1Cc2c(sc3nc(SCc4cccc(F)c4)nc(N)c23)CO1. The molecule has 4 rings (SSSR count). The standard InChI is InChI=1S/C19H20FN3OS2/c1-10(2)14-7-13-15(8-24-14)26-18-16(13)17(21)22-19(23-18)25-9-11-4-3-5-12(20)6-11/h3-6,10,14H,7-9H2,1-2H3,(H2,21,22,23)/t14-/m1/s1. The van der Waals surface area contributed by atoms with E-state index >= 15 is 0 Å². The molecule has 7 heteroatoms. The largest absolute Gasteiger partial charge is 0.383 e. The Labute approximate surface area is 160 Å². The van der Waals surface area contributed by atoms with Crippen molar-refractivity contribution in [3.63, 3.8) is 0 Å². The van der Waals surface area contributed by atoms with Crippen LogP contribution in [0.5, 0.6) is 0 Å². The molecule has 1 aliphatic heterocycles. The van der Waals surface area contributed by atoms with E-state index in [0.29, 0.717) is 29.3 Å². The highest BCUT2D eigenvalue weighted by Crippen LogP contribution is 2.39. The van der Waals surface area contributed by atoms with Crippen molar-refractivity contribution < 1.29 is 9.13 Å². The fraction of sp³-hybridized carbons (Fsp3) is 0.368. The molecule has 3 aromatic rings. The molecule has 0 amide bonds. The van der Waals surface area contributed by atoms with Crippen molar-refractivity contribution in [2.24, 2.45) is 5.92 Å². The smallest absolute Gasteiger partial charge is 0.191 e. The average molecular weight is 390 g/mol. The summed E-state index contributed by atoms with van der Waals surface area (Å²) in [5.41, 5.74) is 8.43. The van der Waals surface area contributed by atoms with Crippen molar-refractivity contribution in [3.8, 4) is 0 Å². The van der Waals surface area contributed by atoms with Gasteiger partial charge in [0.2, 0.25) is 0 Å². The number of benzene rings is 1. The van der Waals surface area contributed by atoms with E-state index < -0.39 is 0 Å². The lowest BCUT2D eigenvalue weighted by atomic mass is 9.96. The van der Waals surface area contributed by atoms with Gasteiger partial charge in [0.1, 0.15) is 16.5 Å². The van der Waals surface area contributed by atoms with E-state index in [0.717, 1.165) is 22.2 Å². The number of nitrogens with zero attached hydrogens (tertiary/aromatic N) is 2. The predicted octanol–water partition coefficient (Wildman–Crippen LogP) is 4.80. The summed E-state index contributed by atoms with van der Waals surface area (Å²) in [4.78, 5) is 11.3. The van der Waals surface area contributed by atoms with Gasteiger partial charge < -0.3 is 10.5 Å². The second-order valence-electron chi connectivity index (χ2n) is 6.79. The van der Waals surface area contributed by atoms with Crippen LogP contribution in [-0.4, -0.2) is 16.1 Å². The van der Waals surface area contributed by atoms with Gasteiger partial charge in [-0.15, -0.1) is 11.3 Å². The van der Waals surface area contributed by atoms with Gasteiger partial charge in [0.05, 0.1) is 18.1 Å². The summed E-state index contributed by atoms with van der Waals surface area (Å²) in [6.45, 7) is 4.96. The maximum Gasteiger partial charge on any atom is 0.191 e. The molecule has 4 nitrogen and oxygen atoms in total. The van der Waals surface area contributed by atoms with Crippen molar-refractivity contribution in [1.82, 2.24) is 9.97 Å². The topological polar surface area (TPSA) is 61.0 Å². The monoisotopic (exact) mass is 389 g/mol. The van der Waals surface area contributed by atoms with E-state index in [-0.39, 0.29) is 11.9 Å². The number of hydrogen-bond donors (Lipinski definition) is 1. The minimum absolute atomic E-state index is 0.210. The van der Waals surface area contributed by atoms with Crippen molar-refractivity contribution in [3.05, 3.63) is 46.1 Å². The molecule has 0 saturated heterocycles. The van der Waals surface area contributed by atoms with Gasteiger partial charge in [-0.2, -0.15) is 0 Å². The highest BCUT2D eigenvalue weighted by atomic mass is 32.2. The highest BCUT2D eigenvalue weighted by molar-refractivity contribution is 7.98. The number of thiophene rings is 1. The van der Waals surface area contributed by atoms with Crippen LogP contribution in [-0.2, 0) is 23.5 Å². The van der Waals surface area contributed by atoms with Crippen LogP contribution in [0.4, 0.5) is 10.2 Å². The highest BCUT2D eigenvalue weighted by Gasteiger charge is 2.27. The minimum Gasteiger partial charge on any atom is -0.383 e. The first kappa shape index (κ1) is 17.7. The Bertz CT molecular complexity index is 957. The van der Waals surface area contributed by atoms with E-state index in [1.807, 2.05) is 6.07 Å². The van der Waals surface area contributed by atoms with Gasteiger partial charge >= 0.3 is 0 Å². The van der Waals surface area contributed by atoms with Crippen LogP contribution in [0.25, 0.3) is 10.2 Å². The number of nitrogens with two attached hydrogens (primary N) is 1. The van der Waals surface area contributed by atoms with Gasteiger partial charge in [0, 0.05) is 17.1 Å². The second-order valence-corrected chi connectivity index (χ2v) is 8.82. The molecule has 0 unspecified atom stereocenters. The first-order valence-corrected chi connectivity index (χ1v) is 10.4. The Morgan fingerprint density at radius 1 is 1.38 bits per heavy atom. The van der Waals surface area contributed by atoms with Crippen molar-refractivity contribution >= 4 is 39.1 Å². The van der Waals surface area contributed by atoms with Gasteiger partial charge in [-0.05, 0) is 29.2 Å². The molecule has 0 spiro atoms. The molecule has 1 atom stereocenters. The van der Waals surface area contributed by atoms with E-state index in [1.165, 1.54) is 34.3 Å². The molecule has 2 N–H and O–H groups in total. The normalized spacial score (nSPS) is 17.0. The first-order valence-electron chi connectivity index (χ1n) is 8.58. The van der Waals surface area contributed by atoms with Gasteiger partial charge in [-0.25, -0.2) is 14.4 Å². The van der Waals surface area contributed by atoms with Crippen molar-refractivity contribution in [2.45, 2.75) is 43.9 Å².